The summed E-state index contributed by atoms with van der Waals surface area (Å²) >= 11 is 0. The van der Waals surface area contributed by atoms with Gasteiger partial charge in [-0.25, -0.2) is 0 Å². The number of nitrogens with zero attached hydrogens (tertiary/aromatic N) is 1. The number of pyridine rings is 1. The first-order chi connectivity index (χ1) is 11.8. The van der Waals surface area contributed by atoms with Gasteiger partial charge in [0.05, 0.1) is 11.1 Å². The lowest BCUT2D eigenvalue weighted by Gasteiger charge is -2.06. The molecule has 3 nitrogen and oxygen atoms in total. The van der Waals surface area contributed by atoms with Gasteiger partial charge in [0, 0.05) is 17.3 Å². The second kappa shape index (κ2) is 5.70. The van der Waals surface area contributed by atoms with Crippen LogP contribution in [0.2, 0.25) is 0 Å². The van der Waals surface area contributed by atoms with E-state index in [0.29, 0.717) is 5.56 Å². The van der Waals surface area contributed by atoms with E-state index in [1.807, 2.05) is 66.7 Å². The Morgan fingerprint density at radius 3 is 1.96 bits per heavy atom. The van der Waals surface area contributed by atoms with Gasteiger partial charge in [-0.15, -0.1) is 0 Å². The number of aromatic nitrogens is 1. The fourth-order valence-corrected chi connectivity index (χ4v) is 3.10. The second-order valence-corrected chi connectivity index (χ2v) is 5.64. The summed E-state index contributed by atoms with van der Waals surface area (Å²) in [5.41, 5.74) is 5.01. The van der Waals surface area contributed by atoms with Gasteiger partial charge in [0.1, 0.15) is 6.29 Å². The zero-order valence-electron chi connectivity index (χ0n) is 12.9. The molecular weight excluding hydrogens is 298 g/mol. The molecule has 2 heterocycles. The van der Waals surface area contributed by atoms with Crippen molar-refractivity contribution in [2.24, 2.45) is 0 Å². The fourth-order valence-electron chi connectivity index (χ4n) is 3.10. The summed E-state index contributed by atoms with van der Waals surface area (Å²) < 4.78 is 1.72. The van der Waals surface area contributed by atoms with E-state index >= 15 is 0 Å². The Morgan fingerprint density at radius 1 is 0.792 bits per heavy atom. The topological polar surface area (TPSA) is 41.7 Å². The molecule has 0 unspecified atom stereocenters. The zero-order chi connectivity index (χ0) is 16.5. The normalized spacial score (nSPS) is 10.8. The van der Waals surface area contributed by atoms with Crippen molar-refractivity contribution >= 4 is 11.8 Å². The summed E-state index contributed by atoms with van der Waals surface area (Å²) in [6.07, 6.45) is 2.55. The van der Waals surface area contributed by atoms with E-state index in [1.165, 1.54) is 0 Å². The molecule has 2 aromatic heterocycles. The first kappa shape index (κ1) is 14.3. The van der Waals surface area contributed by atoms with Crippen LogP contribution in [0.15, 0.2) is 79.0 Å². The van der Waals surface area contributed by atoms with Crippen LogP contribution in [0.3, 0.4) is 0 Å². The summed E-state index contributed by atoms with van der Waals surface area (Å²) in [5, 5.41) is 10.8. The molecule has 116 valence electrons. The van der Waals surface area contributed by atoms with Gasteiger partial charge >= 0.3 is 0 Å². The van der Waals surface area contributed by atoms with Gasteiger partial charge in [-0.1, -0.05) is 60.7 Å². The Morgan fingerprint density at radius 2 is 1.38 bits per heavy atom. The summed E-state index contributed by atoms with van der Waals surface area (Å²) in [4.78, 5) is 11.2. The maximum Gasteiger partial charge on any atom is 0.204 e. The van der Waals surface area contributed by atoms with Crippen molar-refractivity contribution in [3.63, 3.8) is 0 Å². The number of rotatable bonds is 3. The molecule has 0 saturated heterocycles. The summed E-state index contributed by atoms with van der Waals surface area (Å²) in [7, 11) is 0. The summed E-state index contributed by atoms with van der Waals surface area (Å²) in [6, 6.07) is 23.2. The van der Waals surface area contributed by atoms with Crippen molar-refractivity contribution in [1.29, 1.82) is 0 Å². The minimum atomic E-state index is 0.174. The first-order valence-corrected chi connectivity index (χ1v) is 7.72. The monoisotopic (exact) mass is 313 g/mol. The number of benzene rings is 2. The van der Waals surface area contributed by atoms with Crippen LogP contribution in [0.1, 0.15) is 10.4 Å². The van der Waals surface area contributed by atoms with Gasteiger partial charge in [-0.05, 0) is 23.3 Å². The van der Waals surface area contributed by atoms with Crippen molar-refractivity contribution in [3.8, 4) is 28.1 Å². The Kier molecular flexibility index (Phi) is 3.39. The molecule has 0 aliphatic rings. The molecule has 0 radical (unpaired) electrons. The molecule has 0 atom stereocenters. The van der Waals surface area contributed by atoms with Crippen molar-refractivity contribution in [2.45, 2.75) is 0 Å². The molecule has 3 heteroatoms. The molecule has 24 heavy (non-hydrogen) atoms. The van der Waals surface area contributed by atoms with E-state index in [0.717, 1.165) is 34.1 Å². The summed E-state index contributed by atoms with van der Waals surface area (Å²) in [6.45, 7) is 0. The lowest BCUT2D eigenvalue weighted by atomic mass is 9.97. The van der Waals surface area contributed by atoms with Crippen LogP contribution < -0.4 is 0 Å². The molecule has 0 bridgehead atoms. The molecule has 0 spiro atoms. The average molecular weight is 313 g/mol. The van der Waals surface area contributed by atoms with Crippen molar-refractivity contribution in [2.75, 3.05) is 0 Å². The molecule has 0 saturated carbocycles. The lowest BCUT2D eigenvalue weighted by molar-refractivity contribution is 0.112. The third-order valence-electron chi connectivity index (χ3n) is 4.20. The van der Waals surface area contributed by atoms with Crippen molar-refractivity contribution < 1.29 is 9.90 Å². The van der Waals surface area contributed by atoms with Crippen LogP contribution in [0.25, 0.3) is 27.8 Å². The van der Waals surface area contributed by atoms with Crippen LogP contribution in [0.5, 0.6) is 5.88 Å². The third kappa shape index (κ3) is 2.18. The van der Waals surface area contributed by atoms with Gasteiger partial charge in [0.25, 0.3) is 0 Å². The standard InChI is InChI=1S/C21H15NO2/c23-14-15-11-12-22-18(13-15)19(16-7-3-1-4-8-16)20(21(22)24)17-9-5-2-6-10-17/h1-14,24H. The fraction of sp³-hybridized carbons (Fsp3) is 0. The van der Waals surface area contributed by atoms with Gasteiger partial charge < -0.3 is 5.11 Å². The van der Waals surface area contributed by atoms with E-state index in [4.69, 9.17) is 0 Å². The molecule has 4 rings (SSSR count). The Labute approximate surface area is 139 Å². The number of hydrogen-bond donors (Lipinski definition) is 1. The molecule has 1 N–H and O–H groups in total. The van der Waals surface area contributed by atoms with Gasteiger partial charge in [-0.2, -0.15) is 0 Å². The number of hydrogen-bond acceptors (Lipinski definition) is 2. The maximum atomic E-state index is 11.2. The number of fused-ring (bicyclic) bond motifs is 1. The van der Waals surface area contributed by atoms with Gasteiger partial charge in [0.15, 0.2) is 0 Å². The molecule has 0 amide bonds. The minimum Gasteiger partial charge on any atom is -0.494 e. The minimum absolute atomic E-state index is 0.174. The number of carbonyl (C=O) groups excluding carboxylic acids is 1. The molecular formula is C21H15NO2. The first-order valence-electron chi connectivity index (χ1n) is 7.72. The average Bonchev–Trinajstić information content (AvgIpc) is 2.95. The maximum absolute atomic E-state index is 11.2. The van der Waals surface area contributed by atoms with Gasteiger partial charge in [-0.3, -0.25) is 9.20 Å². The zero-order valence-corrected chi connectivity index (χ0v) is 12.9. The third-order valence-corrected chi connectivity index (χ3v) is 4.20. The molecule has 0 aliphatic heterocycles. The second-order valence-electron chi connectivity index (χ2n) is 5.64. The van der Waals surface area contributed by atoms with Crippen LogP contribution in [-0.4, -0.2) is 15.8 Å². The predicted octanol–water partition coefficient (Wildman–Crippen LogP) is 4.79. The van der Waals surface area contributed by atoms with Crippen LogP contribution >= 0.6 is 0 Å². The Balaban J connectivity index is 2.14. The van der Waals surface area contributed by atoms with E-state index < -0.39 is 0 Å². The number of aldehydes is 1. The van der Waals surface area contributed by atoms with Crippen LogP contribution in [-0.2, 0) is 0 Å². The van der Waals surface area contributed by atoms with E-state index in [2.05, 4.69) is 0 Å². The predicted molar refractivity (Wildman–Crippen MR) is 95.3 cm³/mol. The van der Waals surface area contributed by atoms with Crippen molar-refractivity contribution in [3.05, 3.63) is 84.6 Å². The van der Waals surface area contributed by atoms with E-state index in [9.17, 15) is 9.90 Å². The SMILES string of the molecule is O=Cc1ccn2c(O)c(-c3ccccc3)c(-c3ccccc3)c2c1. The number of aromatic hydroxyl groups is 1. The highest BCUT2D eigenvalue weighted by molar-refractivity contribution is 5.99. The summed E-state index contributed by atoms with van der Waals surface area (Å²) in [5.74, 6) is 0.174. The van der Waals surface area contributed by atoms with Crippen molar-refractivity contribution in [1.82, 2.24) is 4.40 Å². The quantitative estimate of drug-likeness (QED) is 0.552. The highest BCUT2D eigenvalue weighted by Gasteiger charge is 2.20. The van der Waals surface area contributed by atoms with Crippen LogP contribution in [0, 0.1) is 0 Å². The highest BCUT2D eigenvalue weighted by Crippen LogP contribution is 2.43. The molecule has 0 aliphatic carbocycles. The molecule has 4 aromatic rings. The lowest BCUT2D eigenvalue weighted by Crippen LogP contribution is -1.87. The highest BCUT2D eigenvalue weighted by atomic mass is 16.3. The van der Waals surface area contributed by atoms with Gasteiger partial charge in [0.2, 0.25) is 5.88 Å². The molecule has 2 aromatic carbocycles. The molecule has 0 fully saturated rings. The smallest absolute Gasteiger partial charge is 0.204 e. The van der Waals surface area contributed by atoms with E-state index in [1.54, 1.807) is 16.7 Å². The van der Waals surface area contributed by atoms with Crippen LogP contribution in [0.4, 0.5) is 0 Å². The number of carbonyl (C=O) groups is 1. The van der Waals surface area contributed by atoms with E-state index in [-0.39, 0.29) is 5.88 Å². The Hall–Kier alpha value is -3.33. The largest absolute Gasteiger partial charge is 0.494 e. The Bertz CT molecular complexity index is 1020.